The molecule has 1 aromatic heterocycles. The quantitative estimate of drug-likeness (QED) is 0.322. The van der Waals surface area contributed by atoms with E-state index in [1.165, 1.54) is 19.2 Å². The van der Waals surface area contributed by atoms with Gasteiger partial charge in [0.1, 0.15) is 5.82 Å². The number of nitrogens with zero attached hydrogens (tertiary/aromatic N) is 1. The molecule has 0 radical (unpaired) electrons. The summed E-state index contributed by atoms with van der Waals surface area (Å²) in [5, 5.41) is 1.51. The van der Waals surface area contributed by atoms with Gasteiger partial charge in [0.25, 0.3) is 0 Å². The van der Waals surface area contributed by atoms with Crippen molar-refractivity contribution in [2.24, 2.45) is 0 Å². The molecule has 0 amide bonds. The zero-order valence-corrected chi connectivity index (χ0v) is 17.1. The number of benzene rings is 3. The molecule has 4 aromatic rings. The fourth-order valence-electron chi connectivity index (χ4n) is 3.26. The summed E-state index contributed by atoms with van der Waals surface area (Å²) in [6, 6.07) is 19.0. The van der Waals surface area contributed by atoms with Gasteiger partial charge in [-0.15, -0.1) is 0 Å². The first-order valence-electron chi connectivity index (χ1n) is 8.44. The third-order valence-electron chi connectivity index (χ3n) is 4.56. The maximum absolute atomic E-state index is 13.5. The first-order chi connectivity index (χ1) is 13.5. The predicted octanol–water partition coefficient (Wildman–Crippen LogP) is 6.64. The van der Waals surface area contributed by atoms with Gasteiger partial charge in [-0.25, -0.2) is 9.18 Å². The van der Waals surface area contributed by atoms with Crippen molar-refractivity contribution in [2.75, 3.05) is 7.11 Å². The Kier molecular flexibility index (Phi) is 4.96. The first-order valence-corrected chi connectivity index (χ1v) is 9.61. The average Bonchev–Trinajstić information content (AvgIpc) is 2.99. The van der Waals surface area contributed by atoms with Crippen LogP contribution in [0.5, 0.6) is 0 Å². The number of methoxy groups -OCH3 is 1. The molecular weight excluding hydrogens is 445 g/mol. The van der Waals surface area contributed by atoms with Gasteiger partial charge in [0.05, 0.1) is 22.8 Å². The minimum Gasteiger partial charge on any atom is -0.465 e. The molecule has 0 aliphatic carbocycles. The number of rotatable bonds is 3. The minimum atomic E-state index is -0.427. The Labute approximate surface area is 174 Å². The molecule has 0 saturated carbocycles. The number of aromatic nitrogens is 1. The molecule has 140 valence electrons. The lowest BCUT2D eigenvalue weighted by molar-refractivity contribution is 0.0601. The molecule has 0 bridgehead atoms. The van der Waals surface area contributed by atoms with Crippen LogP contribution in [0.3, 0.4) is 0 Å². The number of carbonyl (C=O) groups excluding carboxylic acids is 1. The lowest BCUT2D eigenvalue weighted by Gasteiger charge is -2.09. The van der Waals surface area contributed by atoms with E-state index in [1.54, 1.807) is 24.3 Å². The molecule has 1 heterocycles. The number of hydrogen-bond acceptors (Lipinski definition) is 2. The van der Waals surface area contributed by atoms with Crippen molar-refractivity contribution in [3.63, 3.8) is 0 Å². The molecule has 0 fully saturated rings. The summed E-state index contributed by atoms with van der Waals surface area (Å²) >= 11 is 10.2. The van der Waals surface area contributed by atoms with E-state index in [0.717, 1.165) is 32.3 Å². The lowest BCUT2D eigenvalue weighted by atomic mass is 10.0. The van der Waals surface area contributed by atoms with Gasteiger partial charge in [-0.05, 0) is 58.4 Å². The fraction of sp³-hybridized carbons (Fsp3) is 0.0455. The maximum atomic E-state index is 13.5. The summed E-state index contributed by atoms with van der Waals surface area (Å²) in [4.78, 5) is 12.1. The highest BCUT2D eigenvalue weighted by molar-refractivity contribution is 9.10. The van der Waals surface area contributed by atoms with Crippen LogP contribution in [0.1, 0.15) is 10.4 Å². The Hall–Kier alpha value is -2.63. The van der Waals surface area contributed by atoms with Gasteiger partial charge in [-0.2, -0.15) is 0 Å². The second-order valence-electron chi connectivity index (χ2n) is 6.18. The smallest absolute Gasteiger partial charge is 0.337 e. The highest BCUT2D eigenvalue weighted by Crippen LogP contribution is 2.42. The fourth-order valence-corrected chi connectivity index (χ4v) is 4.32. The summed E-state index contributed by atoms with van der Waals surface area (Å²) in [6.45, 7) is 0. The van der Waals surface area contributed by atoms with Crippen LogP contribution in [0.2, 0.25) is 5.02 Å². The molecule has 3 nitrogen and oxygen atoms in total. The van der Waals surface area contributed by atoms with E-state index < -0.39 is 5.97 Å². The van der Waals surface area contributed by atoms with Gasteiger partial charge < -0.3 is 9.30 Å². The first kappa shape index (κ1) is 18.7. The molecule has 4 rings (SSSR count). The molecule has 6 heteroatoms. The Morgan fingerprint density at radius 3 is 2.46 bits per heavy atom. The van der Waals surface area contributed by atoms with Crippen molar-refractivity contribution in [1.82, 2.24) is 4.57 Å². The van der Waals surface area contributed by atoms with Crippen molar-refractivity contribution in [2.45, 2.75) is 0 Å². The number of carbonyl (C=O) groups is 1. The van der Waals surface area contributed by atoms with Crippen molar-refractivity contribution in [3.05, 3.63) is 87.7 Å². The third kappa shape index (κ3) is 3.11. The summed E-state index contributed by atoms with van der Waals surface area (Å²) in [6.07, 6.45) is 0. The molecule has 0 N–H and O–H groups in total. The summed E-state index contributed by atoms with van der Waals surface area (Å²) in [5.41, 5.74) is 3.69. The standard InChI is InChI=1S/C22H14BrClFNO2/c1-28-22(27)13-6-11-17-19(12-13)26(15-9-7-14(25)8-10-15)21(23)20(17)16-4-2-3-5-18(16)24/h2-12H,1H3. The highest BCUT2D eigenvalue weighted by atomic mass is 79.9. The van der Waals surface area contributed by atoms with Crippen molar-refractivity contribution in [3.8, 4) is 16.8 Å². The summed E-state index contributed by atoms with van der Waals surface area (Å²) in [7, 11) is 1.34. The monoisotopic (exact) mass is 457 g/mol. The van der Waals surface area contributed by atoms with Crippen molar-refractivity contribution < 1.29 is 13.9 Å². The van der Waals surface area contributed by atoms with E-state index in [-0.39, 0.29) is 5.82 Å². The SMILES string of the molecule is COC(=O)c1ccc2c(-c3ccccc3Cl)c(Br)n(-c3ccc(F)cc3)c2c1. The van der Waals surface area contributed by atoms with Crippen LogP contribution < -0.4 is 0 Å². The Bertz CT molecular complexity index is 1200. The van der Waals surface area contributed by atoms with E-state index in [0.29, 0.717) is 10.6 Å². The number of ether oxygens (including phenoxy) is 1. The molecule has 0 saturated heterocycles. The molecule has 3 aromatic carbocycles. The normalized spacial score (nSPS) is 11.0. The van der Waals surface area contributed by atoms with E-state index in [9.17, 15) is 9.18 Å². The maximum Gasteiger partial charge on any atom is 0.337 e. The van der Waals surface area contributed by atoms with Crippen LogP contribution in [-0.4, -0.2) is 17.6 Å². The zero-order chi connectivity index (χ0) is 19.8. The van der Waals surface area contributed by atoms with E-state index in [4.69, 9.17) is 16.3 Å². The molecule has 0 unspecified atom stereocenters. The van der Waals surface area contributed by atoms with Gasteiger partial charge in [0.2, 0.25) is 0 Å². The van der Waals surface area contributed by atoms with E-state index >= 15 is 0 Å². The molecule has 0 spiro atoms. The van der Waals surface area contributed by atoms with Gasteiger partial charge in [0, 0.05) is 27.2 Å². The highest BCUT2D eigenvalue weighted by Gasteiger charge is 2.21. The number of hydrogen-bond donors (Lipinski definition) is 0. The van der Waals surface area contributed by atoms with Gasteiger partial charge in [0.15, 0.2) is 0 Å². The van der Waals surface area contributed by atoms with E-state index in [1.807, 2.05) is 34.9 Å². The van der Waals surface area contributed by atoms with Crippen LogP contribution in [0.4, 0.5) is 4.39 Å². The van der Waals surface area contributed by atoms with Crippen LogP contribution >= 0.6 is 27.5 Å². The van der Waals surface area contributed by atoms with Crippen molar-refractivity contribution >= 4 is 44.4 Å². The van der Waals surface area contributed by atoms with Gasteiger partial charge in [-0.3, -0.25) is 0 Å². The summed E-state index contributed by atoms with van der Waals surface area (Å²) < 4.78 is 21.0. The number of halogens is 3. The van der Waals surface area contributed by atoms with Gasteiger partial charge >= 0.3 is 5.97 Å². The minimum absolute atomic E-state index is 0.321. The predicted molar refractivity (Wildman–Crippen MR) is 113 cm³/mol. The van der Waals surface area contributed by atoms with Crippen molar-refractivity contribution in [1.29, 1.82) is 0 Å². The topological polar surface area (TPSA) is 31.2 Å². The molecule has 0 aliphatic rings. The average molecular weight is 459 g/mol. The van der Waals surface area contributed by atoms with Crippen LogP contribution in [0.25, 0.3) is 27.7 Å². The number of fused-ring (bicyclic) bond motifs is 1. The second kappa shape index (κ2) is 7.41. The van der Waals surface area contributed by atoms with Crippen LogP contribution in [-0.2, 0) is 4.74 Å². The Balaban J connectivity index is 2.09. The molecule has 0 atom stereocenters. The molecule has 28 heavy (non-hydrogen) atoms. The van der Waals surface area contributed by atoms with E-state index in [2.05, 4.69) is 15.9 Å². The number of esters is 1. The van der Waals surface area contributed by atoms with Crippen LogP contribution in [0.15, 0.2) is 71.3 Å². The second-order valence-corrected chi connectivity index (χ2v) is 7.34. The lowest BCUT2D eigenvalue weighted by Crippen LogP contribution is -2.01. The summed E-state index contributed by atoms with van der Waals surface area (Å²) in [5.74, 6) is -0.748. The van der Waals surface area contributed by atoms with Gasteiger partial charge in [-0.1, -0.05) is 35.9 Å². The largest absolute Gasteiger partial charge is 0.465 e. The zero-order valence-electron chi connectivity index (χ0n) is 14.7. The molecule has 0 aliphatic heterocycles. The Morgan fingerprint density at radius 1 is 1.07 bits per heavy atom. The van der Waals surface area contributed by atoms with Crippen LogP contribution in [0, 0.1) is 5.82 Å². The third-order valence-corrected chi connectivity index (χ3v) is 5.64. The molecular formula is C22H14BrClFNO2. The Morgan fingerprint density at radius 2 is 1.79 bits per heavy atom.